The average Bonchev–Trinajstić information content (AvgIpc) is 3.14. The number of hydrogen-bond donors (Lipinski definition) is 0. The molecule has 4 rings (SSSR count). The van der Waals surface area contributed by atoms with E-state index in [-0.39, 0.29) is 24.1 Å². The van der Waals surface area contributed by atoms with E-state index in [1.807, 2.05) is 58.3 Å². The molecule has 186 valence electrons. The largest absolute Gasteiger partial charge is 0.497 e. The second-order valence-corrected chi connectivity index (χ2v) is 8.93. The molecular weight excluding hydrogens is 446 g/mol. The highest BCUT2D eigenvalue weighted by atomic mass is 16.5. The van der Waals surface area contributed by atoms with E-state index >= 15 is 0 Å². The maximum Gasteiger partial charge on any atom is 0.267 e. The van der Waals surface area contributed by atoms with Crippen molar-refractivity contribution in [2.75, 3.05) is 44.7 Å². The van der Waals surface area contributed by atoms with Gasteiger partial charge in [-0.2, -0.15) is 0 Å². The standard InChI is InChI=1S/C27H33N3O5/c1-20-27(33)30(23-6-3-4-7-24(23)35-20)17-14-26(32)29-16-5-15-28(18-19-29)25(31)13-10-21-8-11-22(34-2)12-9-21/h3-4,6-9,11-12,20H,5,10,13-19H2,1-2H3/t20-/m0/s1. The Hall–Kier alpha value is -3.55. The summed E-state index contributed by atoms with van der Waals surface area (Å²) < 4.78 is 10.9. The topological polar surface area (TPSA) is 79.4 Å². The van der Waals surface area contributed by atoms with Gasteiger partial charge < -0.3 is 24.2 Å². The van der Waals surface area contributed by atoms with Gasteiger partial charge in [-0.25, -0.2) is 0 Å². The summed E-state index contributed by atoms with van der Waals surface area (Å²) in [5.74, 6) is 1.43. The Morgan fingerprint density at radius 1 is 0.943 bits per heavy atom. The van der Waals surface area contributed by atoms with Crippen LogP contribution in [0.2, 0.25) is 0 Å². The van der Waals surface area contributed by atoms with Crippen molar-refractivity contribution in [1.82, 2.24) is 9.80 Å². The van der Waals surface area contributed by atoms with E-state index in [2.05, 4.69) is 0 Å². The number of ether oxygens (including phenoxy) is 2. The van der Waals surface area contributed by atoms with Gasteiger partial charge in [0.1, 0.15) is 11.5 Å². The van der Waals surface area contributed by atoms with Crippen LogP contribution in [0.5, 0.6) is 11.5 Å². The van der Waals surface area contributed by atoms with E-state index in [9.17, 15) is 14.4 Å². The van der Waals surface area contributed by atoms with Crippen molar-refractivity contribution in [1.29, 1.82) is 0 Å². The molecule has 0 unspecified atom stereocenters. The second-order valence-electron chi connectivity index (χ2n) is 8.93. The molecule has 0 aliphatic carbocycles. The highest BCUT2D eigenvalue weighted by Gasteiger charge is 2.32. The van der Waals surface area contributed by atoms with Crippen molar-refractivity contribution in [2.24, 2.45) is 0 Å². The maximum absolute atomic E-state index is 13.0. The van der Waals surface area contributed by atoms with Crippen LogP contribution in [-0.4, -0.2) is 73.5 Å². The summed E-state index contributed by atoms with van der Waals surface area (Å²) in [7, 11) is 1.63. The number of benzene rings is 2. The lowest BCUT2D eigenvalue weighted by Gasteiger charge is -2.33. The molecule has 8 heteroatoms. The van der Waals surface area contributed by atoms with Crippen molar-refractivity contribution < 1.29 is 23.9 Å². The predicted molar refractivity (Wildman–Crippen MR) is 133 cm³/mol. The molecule has 2 aromatic rings. The molecule has 2 aromatic carbocycles. The number of fused-ring (bicyclic) bond motifs is 1. The summed E-state index contributed by atoms with van der Waals surface area (Å²) >= 11 is 0. The number of para-hydroxylation sites is 2. The number of amides is 3. The fourth-order valence-electron chi connectivity index (χ4n) is 4.57. The minimum absolute atomic E-state index is 0.00181. The summed E-state index contributed by atoms with van der Waals surface area (Å²) in [6.45, 7) is 4.34. The number of carbonyl (C=O) groups is 3. The van der Waals surface area contributed by atoms with Crippen LogP contribution in [0.3, 0.4) is 0 Å². The summed E-state index contributed by atoms with van der Waals surface area (Å²) in [4.78, 5) is 43.8. The van der Waals surface area contributed by atoms with Crippen molar-refractivity contribution in [3.05, 3.63) is 54.1 Å². The molecule has 0 N–H and O–H groups in total. The van der Waals surface area contributed by atoms with Crippen LogP contribution in [0, 0.1) is 0 Å². The van der Waals surface area contributed by atoms with Gasteiger partial charge in [-0.05, 0) is 49.6 Å². The summed E-state index contributed by atoms with van der Waals surface area (Å²) in [5.41, 5.74) is 1.80. The van der Waals surface area contributed by atoms with Crippen molar-refractivity contribution >= 4 is 23.4 Å². The van der Waals surface area contributed by atoms with Gasteiger partial charge in [0.15, 0.2) is 6.10 Å². The fourth-order valence-corrected chi connectivity index (χ4v) is 4.57. The number of hydrogen-bond acceptors (Lipinski definition) is 5. The Labute approximate surface area is 206 Å². The first-order valence-corrected chi connectivity index (χ1v) is 12.2. The molecule has 8 nitrogen and oxygen atoms in total. The van der Waals surface area contributed by atoms with Gasteiger partial charge in [-0.3, -0.25) is 14.4 Å². The average molecular weight is 480 g/mol. The highest BCUT2D eigenvalue weighted by molar-refractivity contribution is 6.00. The van der Waals surface area contributed by atoms with E-state index in [1.54, 1.807) is 18.9 Å². The maximum atomic E-state index is 13.0. The van der Waals surface area contributed by atoms with Crippen molar-refractivity contribution in [3.63, 3.8) is 0 Å². The van der Waals surface area contributed by atoms with E-state index in [4.69, 9.17) is 9.47 Å². The number of nitrogens with zero attached hydrogens (tertiary/aromatic N) is 3. The predicted octanol–water partition coefficient (Wildman–Crippen LogP) is 2.89. The van der Waals surface area contributed by atoms with Gasteiger partial charge in [0.05, 0.1) is 12.8 Å². The van der Waals surface area contributed by atoms with E-state index < -0.39 is 6.10 Å². The third-order valence-electron chi connectivity index (χ3n) is 6.61. The lowest BCUT2D eigenvalue weighted by atomic mass is 10.1. The molecule has 35 heavy (non-hydrogen) atoms. The van der Waals surface area contributed by atoms with Crippen LogP contribution in [0.4, 0.5) is 5.69 Å². The van der Waals surface area contributed by atoms with E-state index in [0.717, 1.165) is 17.7 Å². The van der Waals surface area contributed by atoms with Crippen LogP contribution >= 0.6 is 0 Å². The smallest absolute Gasteiger partial charge is 0.267 e. The Bertz CT molecular complexity index is 1060. The van der Waals surface area contributed by atoms with Crippen molar-refractivity contribution in [2.45, 2.75) is 38.7 Å². The quantitative estimate of drug-likeness (QED) is 0.610. The minimum Gasteiger partial charge on any atom is -0.497 e. The monoisotopic (exact) mass is 479 g/mol. The van der Waals surface area contributed by atoms with Gasteiger partial charge in [-0.1, -0.05) is 24.3 Å². The summed E-state index contributed by atoms with van der Waals surface area (Å²) in [6, 6.07) is 15.2. The molecular formula is C27H33N3O5. The van der Waals surface area contributed by atoms with Gasteiger partial charge in [0.25, 0.3) is 5.91 Å². The Kier molecular flexibility index (Phi) is 7.90. The molecule has 0 spiro atoms. The van der Waals surface area contributed by atoms with Crippen LogP contribution in [0.15, 0.2) is 48.5 Å². The number of methoxy groups -OCH3 is 1. The number of carbonyl (C=O) groups excluding carboxylic acids is 3. The molecule has 2 aliphatic rings. The molecule has 0 saturated carbocycles. The Morgan fingerprint density at radius 2 is 1.60 bits per heavy atom. The third-order valence-corrected chi connectivity index (χ3v) is 6.61. The number of anilines is 1. The molecule has 0 radical (unpaired) electrons. The third kappa shape index (κ3) is 5.93. The van der Waals surface area contributed by atoms with Crippen LogP contribution in [0.25, 0.3) is 0 Å². The van der Waals surface area contributed by atoms with Gasteiger partial charge in [-0.15, -0.1) is 0 Å². The Morgan fingerprint density at radius 3 is 2.29 bits per heavy atom. The molecule has 3 amide bonds. The molecule has 0 aromatic heterocycles. The fraction of sp³-hybridized carbons (Fsp3) is 0.444. The van der Waals surface area contributed by atoms with E-state index in [0.29, 0.717) is 57.0 Å². The zero-order valence-corrected chi connectivity index (χ0v) is 20.4. The molecule has 1 fully saturated rings. The summed E-state index contributed by atoms with van der Waals surface area (Å²) in [6.07, 6.45) is 1.52. The normalized spacial score (nSPS) is 17.9. The van der Waals surface area contributed by atoms with Crippen LogP contribution in [0.1, 0.15) is 31.7 Å². The summed E-state index contributed by atoms with van der Waals surface area (Å²) in [5, 5.41) is 0. The number of aryl methyl sites for hydroxylation is 1. The van der Waals surface area contributed by atoms with Crippen LogP contribution < -0.4 is 14.4 Å². The SMILES string of the molecule is COc1ccc(CCC(=O)N2CCCN(C(=O)CCN3C(=O)[C@H](C)Oc4ccccc43)CC2)cc1. The molecule has 1 atom stereocenters. The van der Waals surface area contributed by atoms with Gasteiger partial charge in [0.2, 0.25) is 11.8 Å². The number of rotatable bonds is 7. The van der Waals surface area contributed by atoms with Gasteiger partial charge in [0, 0.05) is 45.6 Å². The van der Waals surface area contributed by atoms with E-state index in [1.165, 1.54) is 0 Å². The van der Waals surface area contributed by atoms with Gasteiger partial charge >= 0.3 is 0 Å². The lowest BCUT2D eigenvalue weighted by molar-refractivity contribution is -0.133. The first-order chi connectivity index (χ1) is 17.0. The molecule has 1 saturated heterocycles. The zero-order chi connectivity index (χ0) is 24.8. The first kappa shape index (κ1) is 24.6. The molecule has 0 bridgehead atoms. The molecule has 2 aliphatic heterocycles. The first-order valence-electron chi connectivity index (χ1n) is 12.2. The van der Waals surface area contributed by atoms with Crippen LogP contribution in [-0.2, 0) is 20.8 Å². The second kappa shape index (κ2) is 11.3. The highest BCUT2D eigenvalue weighted by Crippen LogP contribution is 2.33. The Balaban J connectivity index is 1.27. The lowest BCUT2D eigenvalue weighted by Crippen LogP contribution is -2.46. The van der Waals surface area contributed by atoms with Crippen molar-refractivity contribution in [3.8, 4) is 11.5 Å². The minimum atomic E-state index is -0.573. The molecule has 2 heterocycles. The zero-order valence-electron chi connectivity index (χ0n) is 20.4.